The van der Waals surface area contributed by atoms with Crippen LogP contribution < -0.4 is 10.0 Å². The molecule has 2 aromatic carbocycles. The van der Waals surface area contributed by atoms with Gasteiger partial charge in [0.2, 0.25) is 0 Å². The molecule has 0 aromatic heterocycles. The number of nitrogens with two attached hydrogens (primary N) is 1. The van der Waals surface area contributed by atoms with Gasteiger partial charge in [0, 0.05) is 7.05 Å². The van der Waals surface area contributed by atoms with Crippen LogP contribution in [0, 0.1) is 19.7 Å². The summed E-state index contributed by atoms with van der Waals surface area (Å²) in [6.07, 6.45) is 0. The van der Waals surface area contributed by atoms with E-state index in [4.69, 9.17) is 5.73 Å². The van der Waals surface area contributed by atoms with Gasteiger partial charge < -0.3 is 5.73 Å². The van der Waals surface area contributed by atoms with Crippen LogP contribution in [0.2, 0.25) is 0 Å². The van der Waals surface area contributed by atoms with Crippen molar-refractivity contribution < 1.29 is 12.8 Å². The molecule has 0 saturated carbocycles. The van der Waals surface area contributed by atoms with Gasteiger partial charge in [-0.2, -0.15) is 0 Å². The number of anilines is 2. The number of sulfonamides is 1. The third kappa shape index (κ3) is 2.85. The number of rotatable bonds is 3. The average molecular weight is 308 g/mol. The Kier molecular flexibility index (Phi) is 3.91. The lowest BCUT2D eigenvalue weighted by molar-refractivity contribution is 0.593. The van der Waals surface area contributed by atoms with Crippen molar-refractivity contribution in [2.45, 2.75) is 18.7 Å². The molecule has 0 aliphatic carbocycles. The fraction of sp³-hybridized carbons (Fsp3) is 0.200. The summed E-state index contributed by atoms with van der Waals surface area (Å²) in [5.41, 5.74) is 7.23. The quantitative estimate of drug-likeness (QED) is 0.887. The second-order valence-electron chi connectivity index (χ2n) is 4.95. The number of halogens is 1. The van der Waals surface area contributed by atoms with Crippen LogP contribution in [0.4, 0.5) is 15.8 Å². The Morgan fingerprint density at radius 2 is 1.76 bits per heavy atom. The van der Waals surface area contributed by atoms with Crippen LogP contribution in [0.15, 0.2) is 41.3 Å². The van der Waals surface area contributed by atoms with Crippen LogP contribution in [0.3, 0.4) is 0 Å². The van der Waals surface area contributed by atoms with Crippen LogP contribution in [0.5, 0.6) is 0 Å². The molecule has 0 unspecified atom stereocenters. The maximum Gasteiger partial charge on any atom is 0.264 e. The van der Waals surface area contributed by atoms with Gasteiger partial charge in [-0.15, -0.1) is 0 Å². The molecule has 0 radical (unpaired) electrons. The van der Waals surface area contributed by atoms with Crippen molar-refractivity contribution in [3.05, 3.63) is 53.3 Å². The summed E-state index contributed by atoms with van der Waals surface area (Å²) in [6, 6.07) is 9.07. The van der Waals surface area contributed by atoms with E-state index in [1.807, 2.05) is 13.0 Å². The zero-order valence-corrected chi connectivity index (χ0v) is 12.9. The Bertz CT molecular complexity index is 788. The fourth-order valence-corrected chi connectivity index (χ4v) is 3.49. The molecule has 0 aliphatic rings. The lowest BCUT2D eigenvalue weighted by Crippen LogP contribution is -2.27. The topological polar surface area (TPSA) is 63.4 Å². The Hall–Kier alpha value is -2.08. The molecule has 4 nitrogen and oxygen atoms in total. The highest BCUT2D eigenvalue weighted by Gasteiger charge is 2.23. The first kappa shape index (κ1) is 15.3. The van der Waals surface area contributed by atoms with Crippen LogP contribution in [-0.2, 0) is 10.0 Å². The summed E-state index contributed by atoms with van der Waals surface area (Å²) in [6.45, 7) is 3.56. The Morgan fingerprint density at radius 3 is 2.38 bits per heavy atom. The first-order valence-corrected chi connectivity index (χ1v) is 7.78. The molecular weight excluding hydrogens is 291 g/mol. The van der Waals surface area contributed by atoms with E-state index in [1.54, 1.807) is 19.1 Å². The Balaban J connectivity index is 2.52. The monoisotopic (exact) mass is 308 g/mol. The van der Waals surface area contributed by atoms with Gasteiger partial charge in [0.1, 0.15) is 5.82 Å². The number of nitrogen functional groups attached to an aromatic ring is 1. The van der Waals surface area contributed by atoms with Crippen molar-refractivity contribution in [2.75, 3.05) is 17.1 Å². The molecule has 2 rings (SSSR count). The molecule has 2 N–H and O–H groups in total. The van der Waals surface area contributed by atoms with Crippen LogP contribution >= 0.6 is 0 Å². The second kappa shape index (κ2) is 5.37. The molecule has 112 valence electrons. The predicted molar refractivity (Wildman–Crippen MR) is 82.3 cm³/mol. The molecule has 0 amide bonds. The van der Waals surface area contributed by atoms with E-state index in [0.29, 0.717) is 11.3 Å². The lowest BCUT2D eigenvalue weighted by Gasteiger charge is -2.21. The van der Waals surface area contributed by atoms with Crippen molar-refractivity contribution in [1.29, 1.82) is 0 Å². The molecule has 0 fully saturated rings. The minimum Gasteiger partial charge on any atom is -0.396 e. The van der Waals surface area contributed by atoms with Crippen molar-refractivity contribution >= 4 is 21.4 Å². The van der Waals surface area contributed by atoms with Crippen LogP contribution in [0.1, 0.15) is 11.1 Å². The van der Waals surface area contributed by atoms with Crippen LogP contribution in [0.25, 0.3) is 0 Å². The van der Waals surface area contributed by atoms with E-state index >= 15 is 0 Å². The third-order valence-corrected chi connectivity index (χ3v) is 5.25. The zero-order valence-electron chi connectivity index (χ0n) is 12.1. The summed E-state index contributed by atoms with van der Waals surface area (Å²) >= 11 is 0. The van der Waals surface area contributed by atoms with Crippen molar-refractivity contribution in [3.8, 4) is 0 Å². The van der Waals surface area contributed by atoms with Gasteiger partial charge in [-0.05, 0) is 49.2 Å². The summed E-state index contributed by atoms with van der Waals surface area (Å²) in [7, 11) is -2.30. The number of benzene rings is 2. The summed E-state index contributed by atoms with van der Waals surface area (Å²) in [4.78, 5) is 0.230. The average Bonchev–Trinajstić information content (AvgIpc) is 2.43. The Morgan fingerprint density at radius 1 is 1.10 bits per heavy atom. The van der Waals surface area contributed by atoms with Gasteiger partial charge >= 0.3 is 0 Å². The molecule has 6 heteroatoms. The molecule has 0 atom stereocenters. The molecule has 0 aliphatic heterocycles. The molecule has 21 heavy (non-hydrogen) atoms. The zero-order chi connectivity index (χ0) is 15.8. The molecule has 0 bridgehead atoms. The third-order valence-electron chi connectivity index (χ3n) is 3.33. The standard InChI is InChI=1S/C15H17FN2O2S/c1-10-4-5-11(2)15(8-10)21(19,20)18(3)12-6-7-13(16)14(17)9-12/h4-9H,17H2,1-3H3. The molecule has 0 heterocycles. The van der Waals surface area contributed by atoms with E-state index in [-0.39, 0.29) is 10.6 Å². The number of hydrogen-bond donors (Lipinski definition) is 1. The fourth-order valence-electron chi connectivity index (χ4n) is 2.00. The maximum absolute atomic E-state index is 13.2. The minimum atomic E-state index is -3.72. The van der Waals surface area contributed by atoms with Gasteiger partial charge in [0.15, 0.2) is 0 Å². The van der Waals surface area contributed by atoms with Gasteiger partial charge in [-0.25, -0.2) is 12.8 Å². The first-order chi connectivity index (χ1) is 9.73. The highest BCUT2D eigenvalue weighted by atomic mass is 32.2. The number of hydrogen-bond acceptors (Lipinski definition) is 3. The lowest BCUT2D eigenvalue weighted by atomic mass is 10.2. The maximum atomic E-state index is 13.2. The van der Waals surface area contributed by atoms with E-state index < -0.39 is 15.8 Å². The van der Waals surface area contributed by atoms with Crippen molar-refractivity contribution in [1.82, 2.24) is 0 Å². The van der Waals surface area contributed by atoms with E-state index in [9.17, 15) is 12.8 Å². The largest absolute Gasteiger partial charge is 0.396 e. The molecule has 2 aromatic rings. The number of nitrogens with zero attached hydrogens (tertiary/aromatic N) is 1. The normalized spacial score (nSPS) is 11.4. The number of aryl methyl sites for hydroxylation is 2. The molecular formula is C15H17FN2O2S. The van der Waals surface area contributed by atoms with Gasteiger partial charge in [0.05, 0.1) is 16.3 Å². The van der Waals surface area contributed by atoms with Crippen molar-refractivity contribution in [3.63, 3.8) is 0 Å². The molecule has 0 saturated heterocycles. The summed E-state index contributed by atoms with van der Waals surface area (Å²) in [5, 5.41) is 0. The van der Waals surface area contributed by atoms with Gasteiger partial charge in [-0.1, -0.05) is 12.1 Å². The second-order valence-corrected chi connectivity index (χ2v) is 6.88. The van der Waals surface area contributed by atoms with E-state index in [1.165, 1.54) is 19.2 Å². The predicted octanol–water partition coefficient (Wildman–Crippen LogP) is 2.85. The van der Waals surface area contributed by atoms with Gasteiger partial charge in [0.25, 0.3) is 10.0 Å². The smallest absolute Gasteiger partial charge is 0.264 e. The highest BCUT2D eigenvalue weighted by Crippen LogP contribution is 2.27. The Labute approximate surface area is 124 Å². The molecule has 0 spiro atoms. The summed E-state index contributed by atoms with van der Waals surface area (Å²) in [5.74, 6) is -0.573. The van der Waals surface area contributed by atoms with E-state index in [0.717, 1.165) is 15.9 Å². The minimum absolute atomic E-state index is 0.0875. The van der Waals surface area contributed by atoms with Crippen molar-refractivity contribution in [2.24, 2.45) is 0 Å². The summed E-state index contributed by atoms with van der Waals surface area (Å²) < 4.78 is 39.7. The highest BCUT2D eigenvalue weighted by molar-refractivity contribution is 7.92. The first-order valence-electron chi connectivity index (χ1n) is 6.34. The SMILES string of the molecule is Cc1ccc(C)c(S(=O)(=O)N(C)c2ccc(F)c(N)c2)c1. The van der Waals surface area contributed by atoms with Gasteiger partial charge in [-0.3, -0.25) is 4.31 Å². The van der Waals surface area contributed by atoms with E-state index in [2.05, 4.69) is 0 Å². The van der Waals surface area contributed by atoms with Crippen LogP contribution in [-0.4, -0.2) is 15.5 Å².